The summed E-state index contributed by atoms with van der Waals surface area (Å²) in [5.74, 6) is -1.74. The molecule has 2 amide bonds. The quantitative estimate of drug-likeness (QED) is 0.173. The summed E-state index contributed by atoms with van der Waals surface area (Å²) >= 11 is 1.65. The maximum absolute atomic E-state index is 14.5. The van der Waals surface area contributed by atoms with Gasteiger partial charge in [-0.1, -0.05) is 45.8 Å². The number of unbranched alkanes of at least 4 members (excludes halogenated alkanes) is 2. The Hall–Kier alpha value is -1.80. The zero-order valence-electron chi connectivity index (χ0n) is 23.8. The number of ether oxygens (including phenoxy) is 1. The second-order valence-corrected chi connectivity index (χ2v) is 12.9. The number of hydrogen-bond donors (Lipinski definition) is 1. The van der Waals surface area contributed by atoms with Gasteiger partial charge in [0.1, 0.15) is 6.04 Å². The van der Waals surface area contributed by atoms with Gasteiger partial charge >= 0.3 is 5.97 Å². The lowest BCUT2D eigenvalue weighted by molar-refractivity contribution is -0.155. The van der Waals surface area contributed by atoms with Crippen LogP contribution >= 0.6 is 11.8 Å². The number of aliphatic hydroxyl groups is 1. The van der Waals surface area contributed by atoms with E-state index in [0.29, 0.717) is 19.6 Å². The second kappa shape index (κ2) is 13.5. The molecule has 0 aromatic rings. The van der Waals surface area contributed by atoms with Crippen LogP contribution in [0.3, 0.4) is 0 Å². The highest BCUT2D eigenvalue weighted by Crippen LogP contribution is 2.67. The Morgan fingerprint density at radius 3 is 2.61 bits per heavy atom. The Labute approximate surface area is 233 Å². The Bertz CT molecular complexity index is 881. The van der Waals surface area contributed by atoms with E-state index in [1.54, 1.807) is 22.7 Å². The maximum Gasteiger partial charge on any atom is 0.310 e. The van der Waals surface area contributed by atoms with E-state index >= 15 is 0 Å². The standard InChI is InChI=1S/C30H48N2O5S/c1-7-11-12-13-18-37-29(36)24-23-15-16-30(38-23)25(24)27(34)32(22(19-33)20(5)10-4)26(30)28(35)31(17-9-3)21(6)14-8-2/h7,9,20-26,33H,1,3,8,10-19H2,2,4-6H3/t20-,21?,22-,23-,24+,25-,26?,30?/m0/s1. The summed E-state index contributed by atoms with van der Waals surface area (Å²) in [4.78, 5) is 45.7. The largest absolute Gasteiger partial charge is 0.465 e. The molecule has 214 valence electrons. The van der Waals surface area contributed by atoms with E-state index in [4.69, 9.17) is 4.74 Å². The first kappa shape index (κ1) is 30.7. The molecule has 7 nitrogen and oxygen atoms in total. The van der Waals surface area contributed by atoms with Gasteiger partial charge in [-0.2, -0.15) is 0 Å². The summed E-state index contributed by atoms with van der Waals surface area (Å²) < 4.78 is 5.02. The van der Waals surface area contributed by atoms with E-state index in [0.717, 1.165) is 44.9 Å². The van der Waals surface area contributed by atoms with Crippen LogP contribution in [-0.2, 0) is 19.1 Å². The number of esters is 1. The minimum atomic E-state index is -0.717. The Kier molecular flexibility index (Phi) is 10.9. The topological polar surface area (TPSA) is 87.2 Å². The molecule has 8 heteroatoms. The second-order valence-electron chi connectivity index (χ2n) is 11.3. The number of aliphatic hydroxyl groups excluding tert-OH is 1. The number of carbonyl (C=O) groups is 3. The number of nitrogens with zero attached hydrogens (tertiary/aromatic N) is 2. The molecule has 3 aliphatic heterocycles. The molecule has 2 bridgehead atoms. The van der Waals surface area contributed by atoms with Gasteiger partial charge in [-0.25, -0.2) is 0 Å². The zero-order valence-corrected chi connectivity index (χ0v) is 24.6. The van der Waals surface area contributed by atoms with Crippen molar-refractivity contribution < 1.29 is 24.2 Å². The molecule has 3 rings (SSSR count). The van der Waals surface area contributed by atoms with Gasteiger partial charge in [-0.3, -0.25) is 14.4 Å². The molecule has 3 aliphatic rings. The summed E-state index contributed by atoms with van der Waals surface area (Å²) in [5.41, 5.74) is 0. The minimum Gasteiger partial charge on any atom is -0.465 e. The third-order valence-corrected chi connectivity index (χ3v) is 10.9. The third-order valence-electron chi connectivity index (χ3n) is 8.98. The predicted octanol–water partition coefficient (Wildman–Crippen LogP) is 4.59. The van der Waals surface area contributed by atoms with Crippen LogP contribution in [0.5, 0.6) is 0 Å². The van der Waals surface area contributed by atoms with Gasteiger partial charge in [0.15, 0.2) is 0 Å². The van der Waals surface area contributed by atoms with E-state index in [2.05, 4.69) is 20.1 Å². The molecule has 3 saturated heterocycles. The molecule has 3 fully saturated rings. The SMILES string of the molecule is C=CCCCCOC(=O)[C@@H]1[C@@H]2CCC3(S2)C(C(=O)N(CC=C)C(C)CCC)N([C@@H](CO)[C@@H](C)CC)C(=O)[C@H]13. The molecule has 1 N–H and O–H groups in total. The lowest BCUT2D eigenvalue weighted by Gasteiger charge is -2.42. The van der Waals surface area contributed by atoms with Gasteiger partial charge in [-0.05, 0) is 51.4 Å². The molecule has 0 radical (unpaired) electrons. The van der Waals surface area contributed by atoms with Gasteiger partial charge in [-0.15, -0.1) is 24.9 Å². The number of likely N-dealkylation sites (tertiary alicyclic amines) is 1. The number of carbonyl (C=O) groups excluding carboxylic acids is 3. The maximum atomic E-state index is 14.5. The van der Waals surface area contributed by atoms with Gasteiger partial charge in [0.05, 0.1) is 35.8 Å². The first-order valence-electron chi connectivity index (χ1n) is 14.5. The number of thioether (sulfide) groups is 1. The Morgan fingerprint density at radius 2 is 2.00 bits per heavy atom. The van der Waals surface area contributed by atoms with Crippen molar-refractivity contribution in [1.29, 1.82) is 0 Å². The lowest BCUT2D eigenvalue weighted by Crippen LogP contribution is -2.59. The Balaban J connectivity index is 2.00. The van der Waals surface area contributed by atoms with Crippen LogP contribution in [-0.4, -0.2) is 80.6 Å². The summed E-state index contributed by atoms with van der Waals surface area (Å²) in [6.07, 6.45) is 10.2. The Morgan fingerprint density at radius 1 is 1.26 bits per heavy atom. The minimum absolute atomic E-state index is 0.00555. The summed E-state index contributed by atoms with van der Waals surface area (Å²) in [6.45, 7) is 16.3. The third kappa shape index (κ3) is 5.58. The van der Waals surface area contributed by atoms with Gasteiger partial charge in [0.25, 0.3) is 0 Å². The first-order chi connectivity index (χ1) is 18.2. The average molecular weight is 549 g/mol. The number of hydrogen-bond acceptors (Lipinski definition) is 6. The smallest absolute Gasteiger partial charge is 0.310 e. The highest BCUT2D eigenvalue weighted by molar-refractivity contribution is 8.02. The van der Waals surface area contributed by atoms with Crippen molar-refractivity contribution in [1.82, 2.24) is 9.80 Å². The molecule has 0 aromatic carbocycles. The number of rotatable bonds is 16. The fraction of sp³-hybridized carbons (Fsp3) is 0.767. The fourth-order valence-corrected chi connectivity index (χ4v) is 9.01. The molecule has 0 aliphatic carbocycles. The molecule has 3 unspecified atom stereocenters. The van der Waals surface area contributed by atoms with Crippen molar-refractivity contribution in [2.24, 2.45) is 17.8 Å². The van der Waals surface area contributed by atoms with E-state index < -0.39 is 28.7 Å². The number of allylic oxidation sites excluding steroid dienone is 1. The van der Waals surface area contributed by atoms with Crippen molar-refractivity contribution in [2.75, 3.05) is 19.8 Å². The van der Waals surface area contributed by atoms with E-state index in [1.807, 2.05) is 31.7 Å². The van der Waals surface area contributed by atoms with Crippen molar-refractivity contribution in [3.05, 3.63) is 25.3 Å². The van der Waals surface area contributed by atoms with Crippen LogP contribution < -0.4 is 0 Å². The summed E-state index contributed by atoms with van der Waals surface area (Å²) in [5, 5.41) is 10.5. The van der Waals surface area contributed by atoms with Crippen LogP contribution in [0.4, 0.5) is 0 Å². The predicted molar refractivity (Wildman–Crippen MR) is 153 cm³/mol. The normalized spacial score (nSPS) is 30.0. The van der Waals surface area contributed by atoms with Crippen molar-refractivity contribution in [3.8, 4) is 0 Å². The van der Waals surface area contributed by atoms with Crippen molar-refractivity contribution in [3.63, 3.8) is 0 Å². The van der Waals surface area contributed by atoms with Gasteiger partial charge in [0, 0.05) is 17.8 Å². The van der Waals surface area contributed by atoms with Crippen LogP contribution in [0.15, 0.2) is 25.3 Å². The van der Waals surface area contributed by atoms with Gasteiger partial charge < -0.3 is 19.6 Å². The number of amides is 2. The zero-order chi connectivity index (χ0) is 28.0. The molecular formula is C30H48N2O5S. The fourth-order valence-electron chi connectivity index (χ4n) is 6.83. The molecule has 0 aromatic heterocycles. The summed E-state index contributed by atoms with van der Waals surface area (Å²) in [7, 11) is 0. The average Bonchev–Trinajstić information content (AvgIpc) is 3.55. The van der Waals surface area contributed by atoms with Crippen molar-refractivity contribution in [2.45, 2.75) is 107 Å². The first-order valence-corrected chi connectivity index (χ1v) is 15.4. The highest BCUT2D eigenvalue weighted by atomic mass is 32.2. The van der Waals surface area contributed by atoms with Gasteiger partial charge in [0.2, 0.25) is 11.8 Å². The lowest BCUT2D eigenvalue weighted by atomic mass is 9.71. The highest BCUT2D eigenvalue weighted by Gasteiger charge is 2.75. The van der Waals surface area contributed by atoms with Crippen LogP contribution in [0.25, 0.3) is 0 Å². The molecular weight excluding hydrogens is 500 g/mol. The molecule has 38 heavy (non-hydrogen) atoms. The molecule has 1 spiro atoms. The van der Waals surface area contributed by atoms with Crippen molar-refractivity contribution >= 4 is 29.5 Å². The van der Waals surface area contributed by atoms with Crippen LogP contribution in [0, 0.1) is 17.8 Å². The van der Waals surface area contributed by atoms with Crippen LogP contribution in [0.1, 0.15) is 79.1 Å². The van der Waals surface area contributed by atoms with E-state index in [1.165, 1.54) is 0 Å². The monoisotopic (exact) mass is 548 g/mol. The summed E-state index contributed by atoms with van der Waals surface area (Å²) in [6, 6.07) is -1.21. The molecule has 8 atom stereocenters. The molecule has 0 saturated carbocycles. The number of fused-ring (bicyclic) bond motifs is 1. The van der Waals surface area contributed by atoms with E-state index in [-0.39, 0.29) is 41.6 Å². The van der Waals surface area contributed by atoms with E-state index in [9.17, 15) is 19.5 Å². The molecule has 3 heterocycles. The van der Waals surface area contributed by atoms with Crippen LogP contribution in [0.2, 0.25) is 0 Å².